The van der Waals surface area contributed by atoms with Crippen molar-refractivity contribution in [1.29, 1.82) is 0 Å². The van der Waals surface area contributed by atoms with E-state index in [2.05, 4.69) is 10.2 Å². The van der Waals surface area contributed by atoms with E-state index in [9.17, 15) is 9.59 Å². The van der Waals surface area contributed by atoms with Crippen molar-refractivity contribution in [2.75, 3.05) is 6.54 Å². The van der Waals surface area contributed by atoms with Gasteiger partial charge in [-0.1, -0.05) is 6.92 Å². The third kappa shape index (κ3) is 2.60. The van der Waals surface area contributed by atoms with Crippen LogP contribution in [0.15, 0.2) is 18.5 Å². The van der Waals surface area contributed by atoms with Crippen LogP contribution in [0.4, 0.5) is 0 Å². The van der Waals surface area contributed by atoms with Crippen LogP contribution in [0, 0.1) is 0 Å². The fraction of sp³-hybridized carbons (Fsp3) is 0.467. The molecule has 0 aliphatic carbocycles. The number of hydrogen-bond acceptors (Lipinski definition) is 4. The van der Waals surface area contributed by atoms with E-state index in [1.807, 2.05) is 6.92 Å². The normalized spacial score (nSPS) is 15.3. The highest BCUT2D eigenvalue weighted by Gasteiger charge is 2.31. The van der Waals surface area contributed by atoms with Crippen molar-refractivity contribution in [1.82, 2.24) is 24.5 Å². The molecule has 0 radical (unpaired) electrons. The van der Waals surface area contributed by atoms with E-state index in [0.29, 0.717) is 25.9 Å². The second-order valence-corrected chi connectivity index (χ2v) is 5.68. The summed E-state index contributed by atoms with van der Waals surface area (Å²) in [4.78, 5) is 26.2. The molecule has 0 saturated heterocycles. The van der Waals surface area contributed by atoms with Crippen molar-refractivity contribution in [3.05, 3.63) is 35.4 Å². The van der Waals surface area contributed by atoms with Gasteiger partial charge in [-0.25, -0.2) is 0 Å². The Morgan fingerprint density at radius 2 is 2.22 bits per heavy atom. The summed E-state index contributed by atoms with van der Waals surface area (Å²) in [5, 5.41) is 8.36. The fourth-order valence-corrected chi connectivity index (χ4v) is 3.13. The lowest BCUT2D eigenvalue weighted by Gasteiger charge is -2.30. The van der Waals surface area contributed by atoms with Gasteiger partial charge in [0.25, 0.3) is 5.91 Å². The highest BCUT2D eigenvalue weighted by atomic mass is 16.2. The third-order valence-corrected chi connectivity index (χ3v) is 4.30. The van der Waals surface area contributed by atoms with Crippen LogP contribution >= 0.6 is 0 Å². The van der Waals surface area contributed by atoms with E-state index in [1.165, 1.54) is 0 Å². The summed E-state index contributed by atoms with van der Waals surface area (Å²) >= 11 is 0. The van der Waals surface area contributed by atoms with Crippen LogP contribution in [0.25, 0.3) is 0 Å². The van der Waals surface area contributed by atoms with Crippen LogP contribution in [0.2, 0.25) is 0 Å². The number of rotatable bonds is 4. The Morgan fingerprint density at radius 1 is 1.43 bits per heavy atom. The highest BCUT2D eigenvalue weighted by Crippen LogP contribution is 2.24. The summed E-state index contributed by atoms with van der Waals surface area (Å²) in [6, 6.07) is 1.47. The van der Waals surface area contributed by atoms with E-state index in [-0.39, 0.29) is 17.6 Å². The topological polar surface area (TPSA) is 99.0 Å². The van der Waals surface area contributed by atoms with E-state index in [1.54, 1.807) is 39.8 Å². The first-order valence-electron chi connectivity index (χ1n) is 7.65. The van der Waals surface area contributed by atoms with Gasteiger partial charge in [0, 0.05) is 50.2 Å². The molecule has 0 bridgehead atoms. The van der Waals surface area contributed by atoms with Gasteiger partial charge >= 0.3 is 0 Å². The Bertz CT molecular complexity index is 733. The lowest BCUT2D eigenvalue weighted by Crippen LogP contribution is -2.41. The maximum Gasteiger partial charge on any atom is 0.269 e. The number of carbonyl (C=O) groups excluding carboxylic acids is 2. The molecule has 2 amide bonds. The van der Waals surface area contributed by atoms with Gasteiger partial charge in [0.05, 0.1) is 0 Å². The average Bonchev–Trinajstić information content (AvgIpc) is 3.16. The first-order chi connectivity index (χ1) is 11.0. The van der Waals surface area contributed by atoms with Gasteiger partial charge in [-0.15, -0.1) is 0 Å². The largest absolute Gasteiger partial charge is 0.364 e. The molecule has 122 valence electrons. The molecule has 1 atom stereocenters. The number of amides is 2. The van der Waals surface area contributed by atoms with Crippen LogP contribution in [0.3, 0.4) is 0 Å². The van der Waals surface area contributed by atoms with Gasteiger partial charge < -0.3 is 10.6 Å². The highest BCUT2D eigenvalue weighted by molar-refractivity contribution is 5.93. The zero-order chi connectivity index (χ0) is 16.6. The van der Waals surface area contributed by atoms with Crippen LogP contribution in [0.1, 0.15) is 41.1 Å². The molecule has 0 aromatic carbocycles. The number of aromatic nitrogens is 4. The first kappa shape index (κ1) is 15.3. The zero-order valence-electron chi connectivity index (χ0n) is 13.3. The molecule has 0 fully saturated rings. The summed E-state index contributed by atoms with van der Waals surface area (Å²) in [7, 11) is 1.79. The van der Waals surface area contributed by atoms with Crippen LogP contribution in [-0.4, -0.2) is 42.8 Å². The van der Waals surface area contributed by atoms with Crippen molar-refractivity contribution in [2.45, 2.75) is 32.4 Å². The van der Waals surface area contributed by atoms with Crippen LogP contribution < -0.4 is 5.73 Å². The predicted molar refractivity (Wildman–Crippen MR) is 82.4 cm³/mol. The monoisotopic (exact) mass is 316 g/mol. The molecule has 8 nitrogen and oxygen atoms in total. The summed E-state index contributed by atoms with van der Waals surface area (Å²) < 4.78 is 3.36. The molecule has 0 unspecified atom stereocenters. The molecule has 1 aliphatic rings. The number of fused-ring (bicyclic) bond motifs is 1. The maximum absolute atomic E-state index is 12.8. The van der Waals surface area contributed by atoms with Crippen molar-refractivity contribution in [2.24, 2.45) is 12.8 Å². The van der Waals surface area contributed by atoms with Crippen molar-refractivity contribution in [3.8, 4) is 0 Å². The second-order valence-electron chi connectivity index (χ2n) is 5.68. The first-order valence-corrected chi connectivity index (χ1v) is 7.65. The molecule has 8 heteroatoms. The van der Waals surface area contributed by atoms with E-state index in [0.717, 1.165) is 11.3 Å². The number of nitrogens with zero attached hydrogens (tertiary/aromatic N) is 5. The molecule has 0 saturated carbocycles. The molecular weight excluding hydrogens is 296 g/mol. The van der Waals surface area contributed by atoms with E-state index < -0.39 is 5.91 Å². The van der Waals surface area contributed by atoms with Gasteiger partial charge in [-0.2, -0.15) is 10.2 Å². The lowest BCUT2D eigenvalue weighted by molar-refractivity contribution is -0.136. The second kappa shape index (κ2) is 5.86. The molecule has 2 aromatic rings. The molecule has 3 rings (SSSR count). The standard InChI is InChI=1S/C15H20N6O2/c1-3-11(21-7-4-6-17-21)15(23)20-8-5-12-10(9-20)13(14(16)22)18-19(12)2/h4,6-7,11H,3,5,8-9H2,1-2H3,(H2,16,22)/t11-/m1/s1. The third-order valence-electron chi connectivity index (χ3n) is 4.30. The lowest BCUT2D eigenvalue weighted by atomic mass is 10.0. The SMILES string of the molecule is CC[C@H](C(=O)N1CCc2c(c(C(N)=O)nn2C)C1)n1cccn1. The molecule has 1 aliphatic heterocycles. The number of carbonyl (C=O) groups is 2. The quantitative estimate of drug-likeness (QED) is 0.874. The zero-order valence-corrected chi connectivity index (χ0v) is 13.3. The molecule has 23 heavy (non-hydrogen) atoms. The number of hydrogen-bond donors (Lipinski definition) is 1. The Balaban J connectivity index is 1.86. The summed E-state index contributed by atoms with van der Waals surface area (Å²) in [5.74, 6) is -0.559. The summed E-state index contributed by atoms with van der Waals surface area (Å²) in [5.41, 5.74) is 7.39. The van der Waals surface area contributed by atoms with Gasteiger partial charge in [0.2, 0.25) is 5.91 Å². The van der Waals surface area contributed by atoms with Gasteiger partial charge in [0.1, 0.15) is 6.04 Å². The number of primary amides is 1. The molecule has 2 N–H and O–H groups in total. The number of aryl methyl sites for hydroxylation is 1. The number of nitrogens with two attached hydrogens (primary N) is 1. The van der Waals surface area contributed by atoms with Crippen molar-refractivity contribution >= 4 is 11.8 Å². The van der Waals surface area contributed by atoms with Gasteiger partial charge in [0.15, 0.2) is 5.69 Å². The van der Waals surface area contributed by atoms with Crippen molar-refractivity contribution in [3.63, 3.8) is 0 Å². The van der Waals surface area contributed by atoms with Gasteiger partial charge in [-0.05, 0) is 12.5 Å². The van der Waals surface area contributed by atoms with E-state index in [4.69, 9.17) is 5.73 Å². The molecule has 0 spiro atoms. The van der Waals surface area contributed by atoms with Crippen molar-refractivity contribution < 1.29 is 9.59 Å². The van der Waals surface area contributed by atoms with Gasteiger partial charge in [-0.3, -0.25) is 19.0 Å². The average molecular weight is 316 g/mol. The van der Waals surface area contributed by atoms with E-state index >= 15 is 0 Å². The molecule has 3 heterocycles. The minimum Gasteiger partial charge on any atom is -0.364 e. The predicted octanol–water partition coefficient (Wildman–Crippen LogP) is 0.252. The molecule has 2 aromatic heterocycles. The molecular formula is C15H20N6O2. The fourth-order valence-electron chi connectivity index (χ4n) is 3.13. The van der Waals surface area contributed by atoms with Crippen LogP contribution in [0.5, 0.6) is 0 Å². The summed E-state index contributed by atoms with van der Waals surface area (Å²) in [6.07, 6.45) is 4.77. The van der Waals surface area contributed by atoms with Crippen LogP contribution in [-0.2, 0) is 24.8 Å². The Morgan fingerprint density at radius 3 is 2.83 bits per heavy atom. The Kier molecular flexibility index (Phi) is 3.89. The smallest absolute Gasteiger partial charge is 0.269 e. The minimum absolute atomic E-state index is 0.00104. The Hall–Kier alpha value is -2.64. The maximum atomic E-state index is 12.8. The summed E-state index contributed by atoms with van der Waals surface area (Å²) in [6.45, 7) is 2.91. The minimum atomic E-state index is -0.560. The Labute approximate surface area is 133 Å².